The first-order valence-corrected chi connectivity index (χ1v) is 41.8. The van der Waals surface area contributed by atoms with Gasteiger partial charge in [-0.3, -0.25) is 0 Å². The van der Waals surface area contributed by atoms with Crippen LogP contribution in [0.25, 0.3) is 0 Å². The highest BCUT2D eigenvalue weighted by molar-refractivity contribution is 7.13. The first-order chi connectivity index (χ1) is 54.5. The molecule has 12 aromatic rings. The maximum absolute atomic E-state index is 14.0. The molecule has 0 amide bonds. The summed E-state index contributed by atoms with van der Waals surface area (Å²) >= 11 is 41.6. The molecule has 6 aromatic heterocycles. The van der Waals surface area contributed by atoms with Crippen molar-refractivity contribution in [3.8, 4) is 0 Å². The van der Waals surface area contributed by atoms with Crippen molar-refractivity contribution in [3.05, 3.63) is 272 Å². The Balaban J connectivity index is 0.000000194. The summed E-state index contributed by atoms with van der Waals surface area (Å²) in [6, 6.07) is 14.0. The number of benzene rings is 6. The zero-order valence-electron chi connectivity index (χ0n) is 63.2. The molecule has 6 aromatic carbocycles. The maximum atomic E-state index is 14.0. The number of alkyl halides is 9. The summed E-state index contributed by atoms with van der Waals surface area (Å²) in [5, 5.41) is 45.7. The highest BCUT2D eigenvalue weighted by atomic mass is 35.5. The van der Waals surface area contributed by atoms with E-state index in [4.69, 9.17) is 69.6 Å². The van der Waals surface area contributed by atoms with Crippen LogP contribution in [0.5, 0.6) is 0 Å². The summed E-state index contributed by atoms with van der Waals surface area (Å²) in [6.07, 6.45) is -13.4. The van der Waals surface area contributed by atoms with Crippen molar-refractivity contribution in [2.24, 2.45) is 0 Å². The molecule has 41 heteroatoms. The highest BCUT2D eigenvalue weighted by Crippen LogP contribution is 2.41. The summed E-state index contributed by atoms with van der Waals surface area (Å²) in [5.41, 5.74) is -2.55. The van der Waals surface area contributed by atoms with Crippen LogP contribution in [0.3, 0.4) is 0 Å². The molecule has 0 saturated heterocycles. The average Bonchev–Trinajstić information content (AvgIpc) is 1.77. The predicted octanol–water partition coefficient (Wildman–Crippen LogP) is 28.3. The summed E-state index contributed by atoms with van der Waals surface area (Å²) in [6.45, 7) is 23.3. The van der Waals surface area contributed by atoms with Crippen LogP contribution in [0, 0.1) is 52.4 Å². The number of thiazole rings is 1. The Morgan fingerprint density at radius 3 is 1.09 bits per heavy atom. The molecule has 630 valence electrons. The van der Waals surface area contributed by atoms with E-state index in [1.807, 2.05) is 69.2 Å². The van der Waals surface area contributed by atoms with E-state index in [0.717, 1.165) is 83.8 Å². The van der Waals surface area contributed by atoms with Gasteiger partial charge < -0.3 is 0 Å². The van der Waals surface area contributed by atoms with E-state index in [9.17, 15) is 79.0 Å². The zero-order valence-corrected chi connectivity index (χ0v) is 72.6. The van der Waals surface area contributed by atoms with Gasteiger partial charge in [0, 0.05) is 101 Å². The Bertz CT molecular complexity index is 5230. The minimum Gasteiger partial charge on any atom is -0.236 e. The molecule has 0 aliphatic heterocycles. The lowest BCUT2D eigenvalue weighted by Gasteiger charge is -2.11. The lowest BCUT2D eigenvalue weighted by Crippen LogP contribution is -2.09. The molecule has 6 heterocycles. The largest absolute Gasteiger partial charge is 0.434 e. The standard InChI is InChI=1S/C14H12F5NS.2C13H11ClF4N2S.C12H11Cl2FN2S.2C12H11ClF2N2S/c1-7(2)13-20-12(14(17,18)19)11(21-13)5-8-3-4-9(15)6-10(8)16;1-6(2)12-20-19-10(21-12)4-7-3-8(13(16,17)18)5-9(14)11(7)15;1-6(2)12-20-19-9(21-12)5-7-3-4-8(13(16,17)18)10(14)11(7)15;1-6(2)12-17-16-10(18-12)5-7-8(13)3-4-9(14)11(7)15;1-6(2)12-17-16-10(18-12)5-7-9(14)4-3-8(13)11(7)15;1-6(2)12-17-16-9(18-12)5-7-3-4-8(14)10(13)11(7)15/h3-4,6-7H,5H2,1-2H3;3,5-6H,4H2,1-2H3;3-4,6H,5H2,1-2H3;3*3-4,6H,5H2,1-2H3. The van der Waals surface area contributed by atoms with Gasteiger partial charge in [-0.2, -0.15) is 39.5 Å². The number of halogens is 24. The number of aromatic nitrogens is 11. The van der Waals surface area contributed by atoms with Gasteiger partial charge in [-0.1, -0.05) is 171 Å². The van der Waals surface area contributed by atoms with Gasteiger partial charge in [0.25, 0.3) is 0 Å². The quantitative estimate of drug-likeness (QED) is 0.0460. The second-order valence-electron chi connectivity index (χ2n) is 27.0. The van der Waals surface area contributed by atoms with Crippen LogP contribution in [0.2, 0.25) is 30.1 Å². The third kappa shape index (κ3) is 27.6. The van der Waals surface area contributed by atoms with Crippen molar-refractivity contribution in [2.45, 2.75) is 176 Å². The third-order valence-electron chi connectivity index (χ3n) is 15.7. The molecule has 0 aliphatic carbocycles. The van der Waals surface area contributed by atoms with Crippen molar-refractivity contribution in [1.82, 2.24) is 56.0 Å². The molecule has 12 rings (SSSR count). The van der Waals surface area contributed by atoms with E-state index < -0.39 is 103 Å². The lowest BCUT2D eigenvalue weighted by molar-refractivity contribution is -0.141. The van der Waals surface area contributed by atoms with Crippen LogP contribution >= 0.6 is 138 Å². The molecule has 0 atom stereocenters. The molecule has 0 spiro atoms. The number of hydrogen-bond acceptors (Lipinski definition) is 17. The van der Waals surface area contributed by atoms with Crippen molar-refractivity contribution >= 4 is 138 Å². The first kappa shape index (κ1) is 97.4. The van der Waals surface area contributed by atoms with Gasteiger partial charge >= 0.3 is 18.5 Å². The van der Waals surface area contributed by atoms with Gasteiger partial charge in [-0.15, -0.1) is 119 Å². The minimum atomic E-state index is -4.68. The van der Waals surface area contributed by atoms with Gasteiger partial charge in [0.15, 0.2) is 5.69 Å². The number of hydrogen-bond donors (Lipinski definition) is 0. The second kappa shape index (κ2) is 42.6. The van der Waals surface area contributed by atoms with Crippen molar-refractivity contribution < 1.29 is 79.0 Å². The smallest absolute Gasteiger partial charge is 0.236 e. The van der Waals surface area contributed by atoms with Crippen LogP contribution in [0.1, 0.15) is 229 Å². The fraction of sp³-hybridized carbons (Fsp3) is 0.355. The van der Waals surface area contributed by atoms with E-state index in [-0.39, 0.29) is 98.9 Å². The molecule has 0 radical (unpaired) electrons. The topological polar surface area (TPSA) is 142 Å². The number of rotatable bonds is 18. The van der Waals surface area contributed by atoms with E-state index in [1.165, 1.54) is 74.9 Å². The fourth-order valence-corrected chi connectivity index (χ4v) is 16.2. The van der Waals surface area contributed by atoms with E-state index in [1.54, 1.807) is 19.9 Å². The Hall–Kier alpha value is -6.77. The van der Waals surface area contributed by atoms with Crippen LogP contribution in [-0.4, -0.2) is 56.0 Å². The Morgan fingerprint density at radius 2 is 0.675 bits per heavy atom. The molecule has 0 fully saturated rings. The van der Waals surface area contributed by atoms with Crippen molar-refractivity contribution in [3.63, 3.8) is 0 Å². The highest BCUT2D eigenvalue weighted by Gasteiger charge is 2.39. The molecule has 0 aliphatic rings. The third-order valence-corrected chi connectivity index (χ3v) is 25.1. The first-order valence-electron chi connectivity index (χ1n) is 34.6. The van der Waals surface area contributed by atoms with Crippen LogP contribution in [0.4, 0.5) is 79.0 Å². The predicted molar refractivity (Wildman–Crippen MR) is 426 cm³/mol. The zero-order chi connectivity index (χ0) is 87.2. The Morgan fingerprint density at radius 1 is 0.299 bits per heavy atom. The SMILES string of the molecule is CC(C)c1nc(C(F)(F)F)c(Cc2ccc(F)cc2F)s1.CC(C)c1nnc(Cc2c(Cl)ccc(Cl)c2F)s1.CC(C)c1nnc(Cc2c(F)ccc(Cl)c2F)s1.CC(C)c1nnc(Cc2cc(C(F)(F)F)cc(Cl)c2F)s1.CC(C)c1nnc(Cc2ccc(C(F)(F)F)c(Cl)c2F)s1.CC(C)c1nnc(Cc2ccc(F)c(Cl)c2F)s1. The Kier molecular flexibility index (Phi) is 35.5. The van der Waals surface area contributed by atoms with Crippen LogP contribution in [-0.2, 0) is 57.1 Å². The average molecular weight is 1880 g/mol. The normalized spacial score (nSPS) is 11.7. The summed E-state index contributed by atoms with van der Waals surface area (Å²) in [5.74, 6) is -5.77. The summed E-state index contributed by atoms with van der Waals surface area (Å²) in [7, 11) is 0. The monoisotopic (exact) mass is 1880 g/mol. The van der Waals surface area contributed by atoms with Crippen molar-refractivity contribution in [1.29, 1.82) is 0 Å². The van der Waals surface area contributed by atoms with Crippen LogP contribution in [0.15, 0.2) is 78.9 Å². The molecule has 11 nitrogen and oxygen atoms in total. The maximum Gasteiger partial charge on any atom is 0.434 e. The lowest BCUT2D eigenvalue weighted by atomic mass is 10.1. The van der Waals surface area contributed by atoms with Gasteiger partial charge in [0.1, 0.15) is 107 Å². The summed E-state index contributed by atoms with van der Waals surface area (Å²) < 4.78 is 237. The molecule has 0 saturated carbocycles. The molecule has 0 N–H and O–H groups in total. The van der Waals surface area contributed by atoms with Gasteiger partial charge in [-0.25, -0.2) is 44.5 Å². The molecular weight excluding hydrogens is 1810 g/mol. The molecular formula is C76H67Cl6F18N11S6. The Labute approximate surface area is 714 Å². The fourth-order valence-electron chi connectivity index (χ4n) is 9.49. The molecule has 0 unspecified atom stereocenters. The summed E-state index contributed by atoms with van der Waals surface area (Å²) in [4.78, 5) is 3.56. The van der Waals surface area contributed by atoms with E-state index in [2.05, 4.69) is 56.0 Å². The molecule has 117 heavy (non-hydrogen) atoms. The molecule has 0 bridgehead atoms. The van der Waals surface area contributed by atoms with E-state index >= 15 is 0 Å². The minimum absolute atomic E-state index is 0.0147. The van der Waals surface area contributed by atoms with E-state index in [0.29, 0.717) is 65.7 Å². The van der Waals surface area contributed by atoms with Crippen molar-refractivity contribution in [2.75, 3.05) is 0 Å². The van der Waals surface area contributed by atoms with Gasteiger partial charge in [0.2, 0.25) is 0 Å². The second-order valence-corrected chi connectivity index (χ2v) is 36.0. The van der Waals surface area contributed by atoms with Crippen LogP contribution < -0.4 is 0 Å². The number of nitrogens with zero attached hydrogens (tertiary/aromatic N) is 11. The van der Waals surface area contributed by atoms with Gasteiger partial charge in [-0.05, 0) is 76.9 Å². The van der Waals surface area contributed by atoms with Gasteiger partial charge in [0.05, 0.1) is 36.2 Å².